The fourth-order valence-electron chi connectivity index (χ4n) is 5.46. The number of carbonyl (C=O) groups excluding carboxylic acids is 6. The number of amides is 5. The number of ether oxygens (including phenoxy) is 3. The number of esters is 1. The first-order valence-corrected chi connectivity index (χ1v) is 21.8. The summed E-state index contributed by atoms with van der Waals surface area (Å²) in [5.41, 5.74) is 1.89. The molecule has 5 N–H and O–H groups in total. The molecule has 2 aromatic heterocycles. The Morgan fingerprint density at radius 2 is 1.65 bits per heavy atom. The maximum absolute atomic E-state index is 12.9. The van der Waals surface area contributed by atoms with Crippen LogP contribution in [0.4, 0.5) is 5.69 Å². The number of anilines is 1. The summed E-state index contributed by atoms with van der Waals surface area (Å²) in [4.78, 5) is 81.3. The molecule has 0 spiro atoms. The van der Waals surface area contributed by atoms with Crippen molar-refractivity contribution < 1.29 is 43.0 Å². The molecule has 2 atom stereocenters. The molecule has 1 aromatic carbocycles. The molecule has 0 aliphatic carbocycles. The highest BCUT2D eigenvalue weighted by molar-refractivity contribution is 7.98. The van der Waals surface area contributed by atoms with Crippen molar-refractivity contribution in [2.24, 2.45) is 5.92 Å². The Kier molecular flexibility index (Phi) is 21.5. The Balaban J connectivity index is 1.29. The zero-order valence-electron chi connectivity index (χ0n) is 36.7. The van der Waals surface area contributed by atoms with Crippen molar-refractivity contribution >= 4 is 65.6 Å². The van der Waals surface area contributed by atoms with E-state index in [1.165, 1.54) is 18.7 Å². The number of thioether (sulfide) groups is 1. The molecular formula is C42H58N10O9S2. The molecule has 0 radical (unpaired) electrons. The second kappa shape index (κ2) is 26.2. The standard InChI is InChI=1S/C42H58N10O9S2/c1-28(2)38(39(58)44-22-35(55)47-32-15-13-30(14-16-32)24-60-29(3)53)48-36(56)25-59-26-37(57)49-42(6,62)17-18-61-41(4,5)27-52-23-33(50-51-52)21-43-34(54)12-10-8-9-11-31-19-45-40(63-7)46-20-31/h13-16,19-20,23,28,38,62H,8,10,12,17-18,21-22,24-27H2,1-7H3,(H,43,54)(H,44,58)(H,47,55)(H,48,56)(H,49,57). The Morgan fingerprint density at radius 1 is 0.952 bits per heavy atom. The predicted octanol–water partition coefficient (Wildman–Crippen LogP) is 2.55. The molecule has 0 saturated heterocycles. The first-order valence-electron chi connectivity index (χ1n) is 20.2. The smallest absolute Gasteiger partial charge is 0.302 e. The van der Waals surface area contributed by atoms with Crippen LogP contribution in [0.3, 0.4) is 0 Å². The molecule has 0 aliphatic rings. The highest BCUT2D eigenvalue weighted by atomic mass is 32.2. The number of nitrogens with zero attached hydrogens (tertiary/aromatic N) is 5. The topological polar surface area (TPSA) is 247 Å². The molecule has 3 aromatic rings. The molecular weight excluding hydrogens is 853 g/mol. The molecule has 3 rings (SSSR count). The molecule has 2 unspecified atom stereocenters. The number of thiol groups is 1. The molecule has 0 aliphatic heterocycles. The van der Waals surface area contributed by atoms with Crippen molar-refractivity contribution in [3.8, 4) is 11.8 Å². The van der Waals surface area contributed by atoms with Crippen LogP contribution in [-0.4, -0.2) is 110 Å². The minimum absolute atomic E-state index is 0.110. The highest BCUT2D eigenvalue weighted by Gasteiger charge is 2.27. The lowest BCUT2D eigenvalue weighted by Gasteiger charge is -2.29. The summed E-state index contributed by atoms with van der Waals surface area (Å²) in [5, 5.41) is 22.4. The number of nitrogens with one attached hydrogen (secondary N) is 5. The molecule has 0 saturated carbocycles. The summed E-state index contributed by atoms with van der Waals surface area (Å²) >= 11 is 6.04. The minimum atomic E-state index is -0.971. The van der Waals surface area contributed by atoms with E-state index in [0.29, 0.717) is 48.8 Å². The van der Waals surface area contributed by atoms with Gasteiger partial charge in [0, 0.05) is 44.3 Å². The van der Waals surface area contributed by atoms with Gasteiger partial charge < -0.3 is 40.8 Å². The average molecular weight is 911 g/mol. The quantitative estimate of drug-likeness (QED) is 0.0136. The van der Waals surface area contributed by atoms with Crippen LogP contribution in [0, 0.1) is 17.8 Å². The lowest BCUT2D eigenvalue weighted by molar-refractivity contribution is -0.142. The Hall–Kier alpha value is -5.56. The van der Waals surface area contributed by atoms with Crippen LogP contribution in [0.2, 0.25) is 0 Å². The van der Waals surface area contributed by atoms with Crippen LogP contribution in [0.25, 0.3) is 0 Å². The van der Waals surface area contributed by atoms with E-state index in [9.17, 15) is 28.8 Å². The summed E-state index contributed by atoms with van der Waals surface area (Å²) in [7, 11) is 0. The van der Waals surface area contributed by atoms with Crippen LogP contribution >= 0.6 is 24.4 Å². The number of hydrogen-bond acceptors (Lipinski definition) is 15. The van der Waals surface area contributed by atoms with Gasteiger partial charge >= 0.3 is 5.97 Å². The monoisotopic (exact) mass is 910 g/mol. The van der Waals surface area contributed by atoms with E-state index in [1.54, 1.807) is 68.3 Å². The second-order valence-electron chi connectivity index (χ2n) is 15.5. The summed E-state index contributed by atoms with van der Waals surface area (Å²) in [6.07, 6.45) is 8.84. The lowest BCUT2D eigenvalue weighted by atomic mass is 10.0. The number of benzene rings is 1. The third kappa shape index (κ3) is 21.4. The van der Waals surface area contributed by atoms with Gasteiger partial charge in [-0.15, -0.1) is 5.10 Å². The highest BCUT2D eigenvalue weighted by Crippen LogP contribution is 2.19. The Morgan fingerprint density at radius 3 is 2.32 bits per heavy atom. The van der Waals surface area contributed by atoms with Crippen molar-refractivity contribution in [3.63, 3.8) is 0 Å². The van der Waals surface area contributed by atoms with Gasteiger partial charge in [-0.05, 0) is 57.1 Å². The van der Waals surface area contributed by atoms with Gasteiger partial charge in [-0.25, -0.2) is 14.6 Å². The van der Waals surface area contributed by atoms with Crippen LogP contribution < -0.4 is 26.6 Å². The van der Waals surface area contributed by atoms with Gasteiger partial charge in [-0.2, -0.15) is 12.6 Å². The van der Waals surface area contributed by atoms with E-state index >= 15 is 0 Å². The fraction of sp³-hybridized carbons (Fsp3) is 0.524. The lowest BCUT2D eigenvalue weighted by Crippen LogP contribution is -2.52. The van der Waals surface area contributed by atoms with Gasteiger partial charge in [0.2, 0.25) is 29.5 Å². The van der Waals surface area contributed by atoms with E-state index in [4.69, 9.17) is 14.2 Å². The van der Waals surface area contributed by atoms with Crippen molar-refractivity contribution in [2.75, 3.05) is 37.9 Å². The first kappa shape index (κ1) is 51.8. The largest absolute Gasteiger partial charge is 0.461 e. The minimum Gasteiger partial charge on any atom is -0.461 e. The zero-order valence-corrected chi connectivity index (χ0v) is 38.5. The molecule has 5 amide bonds. The molecule has 21 heteroatoms. The second-order valence-corrected chi connectivity index (χ2v) is 17.3. The third-order valence-electron chi connectivity index (χ3n) is 8.67. The van der Waals surface area contributed by atoms with Crippen LogP contribution in [0.15, 0.2) is 48.0 Å². The summed E-state index contributed by atoms with van der Waals surface area (Å²) in [6.45, 7) is 9.95. The van der Waals surface area contributed by atoms with Gasteiger partial charge in [-0.1, -0.05) is 54.8 Å². The summed E-state index contributed by atoms with van der Waals surface area (Å²) < 4.78 is 18.0. The molecule has 0 fully saturated rings. The van der Waals surface area contributed by atoms with Gasteiger partial charge in [0.1, 0.15) is 31.6 Å². The molecule has 342 valence electrons. The van der Waals surface area contributed by atoms with Gasteiger partial charge in [0.15, 0.2) is 5.16 Å². The Bertz CT molecular complexity index is 2050. The summed E-state index contributed by atoms with van der Waals surface area (Å²) in [5.74, 6) is 3.02. The summed E-state index contributed by atoms with van der Waals surface area (Å²) in [6, 6.07) is 5.70. The third-order valence-corrected chi connectivity index (χ3v) is 9.58. The van der Waals surface area contributed by atoms with E-state index in [0.717, 1.165) is 11.1 Å². The maximum Gasteiger partial charge on any atom is 0.302 e. The van der Waals surface area contributed by atoms with E-state index in [2.05, 4.69) is 71.3 Å². The van der Waals surface area contributed by atoms with E-state index in [-0.39, 0.29) is 38.1 Å². The van der Waals surface area contributed by atoms with Crippen molar-refractivity contribution in [1.82, 2.24) is 46.2 Å². The van der Waals surface area contributed by atoms with Gasteiger partial charge in [-0.3, -0.25) is 28.8 Å². The van der Waals surface area contributed by atoms with Crippen molar-refractivity contribution in [3.05, 3.63) is 59.7 Å². The van der Waals surface area contributed by atoms with Crippen molar-refractivity contribution in [1.29, 1.82) is 0 Å². The maximum atomic E-state index is 12.9. The van der Waals surface area contributed by atoms with Gasteiger partial charge in [0.25, 0.3) is 0 Å². The van der Waals surface area contributed by atoms with Crippen LogP contribution in [-0.2, 0) is 62.7 Å². The van der Waals surface area contributed by atoms with Crippen molar-refractivity contribution in [2.45, 2.75) is 109 Å². The average Bonchev–Trinajstić information content (AvgIpc) is 3.66. The predicted molar refractivity (Wildman–Crippen MR) is 238 cm³/mol. The SMILES string of the molecule is CSc1ncc(C#CCCCC(=O)NCc2cn(CC(C)(C)OCCC(C)(S)NC(=O)COCC(=O)NC(C(=O)NCC(=O)Nc3ccc(COC(C)=O)cc3)C(C)C)nn2)cn1. The molecule has 19 nitrogen and oxygen atoms in total. The Labute approximate surface area is 377 Å². The van der Waals surface area contributed by atoms with E-state index in [1.807, 2.05) is 20.1 Å². The number of hydrogen-bond donors (Lipinski definition) is 6. The molecule has 0 bridgehead atoms. The fourth-order valence-corrected chi connectivity index (χ4v) is 5.99. The number of unbranched alkanes of at least 4 members (excludes halogenated alkanes) is 1. The normalized spacial score (nSPS) is 12.5. The number of aromatic nitrogens is 5. The van der Waals surface area contributed by atoms with Crippen LogP contribution in [0.5, 0.6) is 0 Å². The molecule has 2 heterocycles. The zero-order chi connectivity index (χ0) is 46.4. The van der Waals surface area contributed by atoms with E-state index < -0.39 is 59.3 Å². The number of carbonyl (C=O) groups is 6. The molecule has 63 heavy (non-hydrogen) atoms. The number of rotatable bonds is 25. The first-order chi connectivity index (χ1) is 29.8. The van der Waals surface area contributed by atoms with Gasteiger partial charge in [0.05, 0.1) is 48.5 Å². The van der Waals surface area contributed by atoms with Crippen LogP contribution in [0.1, 0.15) is 84.0 Å².